The monoisotopic (exact) mass is 284 g/mol. The van der Waals surface area contributed by atoms with Crippen LogP contribution in [-0.2, 0) is 6.54 Å². The van der Waals surface area contributed by atoms with Crippen LogP contribution in [0.5, 0.6) is 0 Å². The van der Waals surface area contributed by atoms with Crippen LogP contribution in [0.25, 0.3) is 10.7 Å². The Kier molecular flexibility index (Phi) is 3.08. The molecule has 2 aromatic heterocycles. The van der Waals surface area contributed by atoms with Crippen LogP contribution in [0.3, 0.4) is 0 Å². The van der Waals surface area contributed by atoms with Crippen molar-refractivity contribution in [3.8, 4) is 10.7 Å². The largest absolute Gasteiger partial charge is 0.324 e. The SMILES string of the molecule is Cc1nc(CN)nc(-c2cc(Br)cs2)n1. The van der Waals surface area contributed by atoms with E-state index in [4.69, 9.17) is 5.73 Å². The first kappa shape index (κ1) is 10.7. The lowest BCUT2D eigenvalue weighted by atomic mass is 10.4. The number of nitrogens with zero attached hydrogens (tertiary/aromatic N) is 3. The van der Waals surface area contributed by atoms with Crippen LogP contribution in [0.1, 0.15) is 11.6 Å². The standard InChI is InChI=1S/C9H9BrN4S/c1-5-12-8(3-11)14-9(13-5)7-2-6(10)4-15-7/h2,4H,3,11H2,1H3. The fourth-order valence-corrected chi connectivity index (χ4v) is 2.53. The van der Waals surface area contributed by atoms with E-state index >= 15 is 0 Å². The summed E-state index contributed by atoms with van der Waals surface area (Å²) in [4.78, 5) is 13.7. The smallest absolute Gasteiger partial charge is 0.173 e. The summed E-state index contributed by atoms with van der Waals surface area (Å²) in [5.41, 5.74) is 5.51. The van der Waals surface area contributed by atoms with Crippen molar-refractivity contribution in [2.75, 3.05) is 0 Å². The fourth-order valence-electron chi connectivity index (χ4n) is 1.17. The van der Waals surface area contributed by atoms with Gasteiger partial charge in [0.15, 0.2) is 5.82 Å². The molecule has 78 valence electrons. The van der Waals surface area contributed by atoms with Gasteiger partial charge in [0, 0.05) is 9.85 Å². The van der Waals surface area contributed by atoms with Gasteiger partial charge in [-0.15, -0.1) is 11.3 Å². The molecule has 0 radical (unpaired) electrons. The molecule has 0 fully saturated rings. The highest BCUT2D eigenvalue weighted by Gasteiger charge is 2.07. The van der Waals surface area contributed by atoms with Gasteiger partial charge in [-0.1, -0.05) is 0 Å². The first-order chi connectivity index (χ1) is 7.19. The summed E-state index contributed by atoms with van der Waals surface area (Å²) in [6, 6.07) is 1.99. The summed E-state index contributed by atoms with van der Waals surface area (Å²) in [6.45, 7) is 2.18. The minimum Gasteiger partial charge on any atom is -0.324 e. The summed E-state index contributed by atoms with van der Waals surface area (Å²) < 4.78 is 1.04. The van der Waals surface area contributed by atoms with Gasteiger partial charge in [-0.25, -0.2) is 15.0 Å². The average molecular weight is 285 g/mol. The molecule has 0 aromatic carbocycles. The second kappa shape index (κ2) is 4.34. The van der Waals surface area contributed by atoms with Crippen molar-refractivity contribution in [1.29, 1.82) is 0 Å². The minimum atomic E-state index is 0.336. The molecule has 0 bridgehead atoms. The Hall–Kier alpha value is -0.850. The summed E-state index contributed by atoms with van der Waals surface area (Å²) >= 11 is 4.99. The third-order valence-electron chi connectivity index (χ3n) is 1.76. The summed E-state index contributed by atoms with van der Waals surface area (Å²) in [7, 11) is 0. The Morgan fingerprint density at radius 3 is 2.80 bits per heavy atom. The maximum atomic E-state index is 5.51. The molecule has 2 N–H and O–H groups in total. The molecule has 0 aliphatic carbocycles. The van der Waals surface area contributed by atoms with Crippen LogP contribution in [0.4, 0.5) is 0 Å². The Morgan fingerprint density at radius 1 is 1.40 bits per heavy atom. The number of hydrogen-bond acceptors (Lipinski definition) is 5. The maximum absolute atomic E-state index is 5.51. The summed E-state index contributed by atoms with van der Waals surface area (Å²) in [6.07, 6.45) is 0. The van der Waals surface area contributed by atoms with Gasteiger partial charge in [0.2, 0.25) is 0 Å². The Balaban J connectivity index is 2.48. The van der Waals surface area contributed by atoms with E-state index in [0.717, 1.165) is 9.35 Å². The van der Waals surface area contributed by atoms with Gasteiger partial charge >= 0.3 is 0 Å². The molecule has 0 saturated carbocycles. The van der Waals surface area contributed by atoms with Crippen molar-refractivity contribution < 1.29 is 0 Å². The molecule has 0 aliphatic heterocycles. The zero-order valence-corrected chi connectivity index (χ0v) is 10.5. The molecule has 0 saturated heterocycles. The molecule has 2 aromatic rings. The van der Waals surface area contributed by atoms with E-state index in [1.54, 1.807) is 11.3 Å². The molecular formula is C9H9BrN4S. The van der Waals surface area contributed by atoms with Crippen LogP contribution in [-0.4, -0.2) is 15.0 Å². The van der Waals surface area contributed by atoms with Crippen LogP contribution >= 0.6 is 27.3 Å². The number of rotatable bonds is 2. The van der Waals surface area contributed by atoms with Crippen molar-refractivity contribution in [2.24, 2.45) is 5.73 Å². The van der Waals surface area contributed by atoms with E-state index in [1.165, 1.54) is 0 Å². The van der Waals surface area contributed by atoms with E-state index in [1.807, 2.05) is 18.4 Å². The molecule has 2 rings (SSSR count). The molecule has 0 atom stereocenters. The highest BCUT2D eigenvalue weighted by atomic mass is 79.9. The third-order valence-corrected chi connectivity index (χ3v) is 3.45. The van der Waals surface area contributed by atoms with Crippen molar-refractivity contribution in [3.63, 3.8) is 0 Å². The van der Waals surface area contributed by atoms with E-state index in [9.17, 15) is 0 Å². The van der Waals surface area contributed by atoms with Gasteiger partial charge in [0.05, 0.1) is 11.4 Å². The first-order valence-electron chi connectivity index (χ1n) is 4.35. The minimum absolute atomic E-state index is 0.336. The second-order valence-electron chi connectivity index (χ2n) is 2.96. The van der Waals surface area contributed by atoms with E-state index < -0.39 is 0 Å². The lowest BCUT2D eigenvalue weighted by Crippen LogP contribution is -2.06. The highest BCUT2D eigenvalue weighted by molar-refractivity contribution is 9.10. The van der Waals surface area contributed by atoms with E-state index in [-0.39, 0.29) is 0 Å². The summed E-state index contributed by atoms with van der Waals surface area (Å²) in [5, 5.41) is 2.00. The van der Waals surface area contributed by atoms with Crippen LogP contribution in [0, 0.1) is 6.92 Å². The Labute approximate surface area is 99.7 Å². The number of nitrogens with two attached hydrogens (primary N) is 1. The molecule has 15 heavy (non-hydrogen) atoms. The molecule has 6 heteroatoms. The molecule has 0 aliphatic rings. The van der Waals surface area contributed by atoms with Gasteiger partial charge in [-0.2, -0.15) is 0 Å². The lowest BCUT2D eigenvalue weighted by molar-refractivity contribution is 0.852. The molecule has 0 amide bonds. The van der Waals surface area contributed by atoms with Crippen molar-refractivity contribution in [1.82, 2.24) is 15.0 Å². The predicted molar refractivity (Wildman–Crippen MR) is 63.5 cm³/mol. The highest BCUT2D eigenvalue weighted by Crippen LogP contribution is 2.27. The van der Waals surface area contributed by atoms with Crippen molar-refractivity contribution >= 4 is 27.3 Å². The molecule has 2 heterocycles. The molecule has 0 spiro atoms. The lowest BCUT2D eigenvalue weighted by Gasteiger charge is -2.00. The van der Waals surface area contributed by atoms with Crippen LogP contribution in [0.15, 0.2) is 15.9 Å². The maximum Gasteiger partial charge on any atom is 0.173 e. The molecular weight excluding hydrogens is 276 g/mol. The van der Waals surface area contributed by atoms with Crippen molar-refractivity contribution in [2.45, 2.75) is 13.5 Å². The van der Waals surface area contributed by atoms with Gasteiger partial charge in [0.1, 0.15) is 11.6 Å². The molecule has 0 unspecified atom stereocenters. The van der Waals surface area contributed by atoms with Crippen molar-refractivity contribution in [3.05, 3.63) is 27.6 Å². The second-order valence-corrected chi connectivity index (χ2v) is 4.78. The Bertz CT molecular complexity index is 483. The van der Waals surface area contributed by atoms with Crippen LogP contribution < -0.4 is 5.73 Å². The number of halogens is 1. The fraction of sp³-hybridized carbons (Fsp3) is 0.222. The zero-order valence-electron chi connectivity index (χ0n) is 8.07. The zero-order chi connectivity index (χ0) is 10.8. The first-order valence-corrected chi connectivity index (χ1v) is 6.02. The van der Waals surface area contributed by atoms with Gasteiger partial charge in [0.25, 0.3) is 0 Å². The predicted octanol–water partition coefficient (Wildman–Crippen LogP) is 2.13. The number of aromatic nitrogens is 3. The summed E-state index contributed by atoms with van der Waals surface area (Å²) in [5.74, 6) is 2.02. The number of aryl methyl sites for hydroxylation is 1. The Morgan fingerprint density at radius 2 is 2.20 bits per heavy atom. The molecule has 4 nitrogen and oxygen atoms in total. The van der Waals surface area contributed by atoms with Gasteiger partial charge in [-0.3, -0.25) is 0 Å². The third kappa shape index (κ3) is 2.39. The number of thiophene rings is 1. The van der Waals surface area contributed by atoms with Gasteiger partial charge < -0.3 is 5.73 Å². The number of hydrogen-bond donors (Lipinski definition) is 1. The average Bonchev–Trinajstić information content (AvgIpc) is 2.64. The van der Waals surface area contributed by atoms with Gasteiger partial charge in [-0.05, 0) is 28.9 Å². The normalized spacial score (nSPS) is 10.6. The van der Waals surface area contributed by atoms with E-state index in [0.29, 0.717) is 24.0 Å². The quantitative estimate of drug-likeness (QED) is 0.918. The topological polar surface area (TPSA) is 64.7 Å². The van der Waals surface area contributed by atoms with E-state index in [2.05, 4.69) is 30.9 Å². The van der Waals surface area contributed by atoms with Crippen LogP contribution in [0.2, 0.25) is 0 Å².